The van der Waals surface area contributed by atoms with Crippen LogP contribution in [0.5, 0.6) is 0 Å². The smallest absolute Gasteiger partial charge is 0.191 e. The molecular weight excluding hydrogens is 454 g/mol. The minimum atomic E-state index is -0.224. The van der Waals surface area contributed by atoms with Gasteiger partial charge in [-0.3, -0.25) is 4.99 Å². The van der Waals surface area contributed by atoms with Gasteiger partial charge < -0.3 is 10.6 Å². The van der Waals surface area contributed by atoms with Crippen molar-refractivity contribution in [3.05, 3.63) is 41.7 Å². The lowest BCUT2D eigenvalue weighted by Crippen LogP contribution is -2.46. The summed E-state index contributed by atoms with van der Waals surface area (Å²) in [7, 11) is 1.74. The van der Waals surface area contributed by atoms with Gasteiger partial charge in [-0.2, -0.15) is 5.10 Å². The molecule has 1 aliphatic rings. The summed E-state index contributed by atoms with van der Waals surface area (Å²) in [4.78, 5) is 9.56. The largest absolute Gasteiger partial charge is 0.352 e. The Morgan fingerprint density at radius 1 is 1.48 bits per heavy atom. The van der Waals surface area contributed by atoms with Gasteiger partial charge in [0.05, 0.1) is 6.54 Å². The molecule has 0 spiro atoms. The highest BCUT2D eigenvalue weighted by atomic mass is 127. The number of nitrogens with zero attached hydrogens (tertiary/aromatic N) is 4. The minimum absolute atomic E-state index is 0. The molecule has 0 amide bonds. The Bertz CT molecular complexity index is 735. The lowest BCUT2D eigenvalue weighted by atomic mass is 10.1. The van der Waals surface area contributed by atoms with E-state index in [9.17, 15) is 4.39 Å². The normalized spacial score (nSPS) is 16.8. The fourth-order valence-corrected chi connectivity index (χ4v) is 3.41. The number of hydrogen-bond acceptors (Lipinski definition) is 4. The zero-order valence-corrected chi connectivity index (χ0v) is 17.3. The van der Waals surface area contributed by atoms with Gasteiger partial charge in [-0.15, -0.1) is 35.7 Å². The Labute approximate surface area is 168 Å². The van der Waals surface area contributed by atoms with Gasteiger partial charge in [0.1, 0.15) is 18.0 Å². The first kappa shape index (κ1) is 20.0. The third kappa shape index (κ3) is 5.06. The first-order chi connectivity index (χ1) is 11.7. The number of hydrogen-bond donors (Lipinski definition) is 2. The number of aliphatic imine (C=N–C) groups is 1. The highest BCUT2D eigenvalue weighted by Crippen LogP contribution is 2.21. The van der Waals surface area contributed by atoms with Crippen molar-refractivity contribution in [1.29, 1.82) is 0 Å². The third-order valence-electron chi connectivity index (χ3n) is 4.06. The van der Waals surface area contributed by atoms with Gasteiger partial charge in [0, 0.05) is 31.0 Å². The summed E-state index contributed by atoms with van der Waals surface area (Å²) in [5.74, 6) is 1.51. The molecular formula is C16H22FIN6S. The van der Waals surface area contributed by atoms with Crippen LogP contribution in [-0.4, -0.2) is 40.1 Å². The number of benzene rings is 1. The van der Waals surface area contributed by atoms with Crippen LogP contribution in [0.4, 0.5) is 4.39 Å². The Morgan fingerprint density at radius 3 is 3.08 bits per heavy atom. The third-order valence-corrected chi connectivity index (χ3v) is 4.90. The van der Waals surface area contributed by atoms with Crippen LogP contribution in [0.1, 0.15) is 17.8 Å². The van der Waals surface area contributed by atoms with Crippen molar-refractivity contribution in [2.24, 2.45) is 4.99 Å². The van der Waals surface area contributed by atoms with Gasteiger partial charge in [0.2, 0.25) is 0 Å². The lowest BCUT2D eigenvalue weighted by molar-refractivity contribution is 0.392. The molecule has 1 aromatic carbocycles. The molecule has 2 aromatic rings. The Balaban J connectivity index is 0.00000225. The maximum atomic E-state index is 13.5. The molecule has 0 saturated carbocycles. The second kappa shape index (κ2) is 9.37. The molecule has 0 bridgehead atoms. The van der Waals surface area contributed by atoms with Crippen molar-refractivity contribution >= 4 is 41.7 Å². The van der Waals surface area contributed by atoms with E-state index in [4.69, 9.17) is 0 Å². The fraction of sp³-hybridized carbons (Fsp3) is 0.438. The van der Waals surface area contributed by atoms with Crippen molar-refractivity contribution < 1.29 is 4.39 Å². The SMILES string of the molecule is CN=C(NCc1cc(F)ccc1SC)NC1CCc2ncnn2C1.I. The number of thioether (sulfide) groups is 1. The lowest BCUT2D eigenvalue weighted by Gasteiger charge is -2.25. The van der Waals surface area contributed by atoms with Crippen molar-refractivity contribution in [1.82, 2.24) is 25.4 Å². The van der Waals surface area contributed by atoms with E-state index in [1.807, 2.05) is 10.9 Å². The summed E-state index contributed by atoms with van der Waals surface area (Å²) in [6.07, 6.45) is 5.46. The maximum Gasteiger partial charge on any atom is 0.191 e. The number of aromatic nitrogens is 3. The Morgan fingerprint density at radius 2 is 2.32 bits per heavy atom. The summed E-state index contributed by atoms with van der Waals surface area (Å²) < 4.78 is 15.4. The standard InChI is InChI=1S/C16H21FN6S.HI/c1-18-16(19-8-11-7-12(17)3-5-14(11)24-2)22-13-4-6-15-20-10-21-23(15)9-13;/h3,5,7,10,13H,4,6,8-9H2,1-2H3,(H2,18,19,22);1H. The summed E-state index contributed by atoms with van der Waals surface area (Å²) in [5, 5.41) is 10.9. The van der Waals surface area contributed by atoms with Crippen LogP contribution in [-0.2, 0) is 19.5 Å². The maximum absolute atomic E-state index is 13.5. The zero-order valence-electron chi connectivity index (χ0n) is 14.2. The average molecular weight is 476 g/mol. The number of guanidine groups is 1. The van der Waals surface area contributed by atoms with E-state index in [-0.39, 0.29) is 35.8 Å². The molecule has 25 heavy (non-hydrogen) atoms. The molecule has 1 atom stereocenters. The summed E-state index contributed by atoms with van der Waals surface area (Å²) in [5.41, 5.74) is 0.924. The highest BCUT2D eigenvalue weighted by molar-refractivity contribution is 14.0. The molecule has 1 unspecified atom stereocenters. The van der Waals surface area contributed by atoms with Crippen LogP contribution < -0.4 is 10.6 Å². The van der Waals surface area contributed by atoms with E-state index in [2.05, 4.69) is 25.7 Å². The Kier molecular flexibility index (Phi) is 7.48. The molecule has 9 heteroatoms. The predicted molar refractivity (Wildman–Crippen MR) is 109 cm³/mol. The van der Waals surface area contributed by atoms with Crippen molar-refractivity contribution in [2.75, 3.05) is 13.3 Å². The topological polar surface area (TPSA) is 67.1 Å². The van der Waals surface area contributed by atoms with E-state index in [1.54, 1.807) is 37.3 Å². The van der Waals surface area contributed by atoms with Crippen molar-refractivity contribution in [3.63, 3.8) is 0 Å². The summed E-state index contributed by atoms with van der Waals surface area (Å²) in [6.45, 7) is 1.29. The Hall–Kier alpha value is -1.36. The van der Waals surface area contributed by atoms with Crippen molar-refractivity contribution in [3.8, 4) is 0 Å². The molecule has 1 aromatic heterocycles. The molecule has 0 saturated heterocycles. The van der Waals surface area contributed by atoms with E-state index in [1.165, 1.54) is 6.07 Å². The van der Waals surface area contributed by atoms with Crippen LogP contribution in [0.25, 0.3) is 0 Å². The monoisotopic (exact) mass is 476 g/mol. The number of rotatable bonds is 4. The molecule has 1 aliphatic heterocycles. The molecule has 0 aliphatic carbocycles. The van der Waals surface area contributed by atoms with Gasteiger partial charge in [-0.05, 0) is 36.4 Å². The molecule has 3 rings (SSSR count). The van der Waals surface area contributed by atoms with Crippen LogP contribution in [0.3, 0.4) is 0 Å². The number of fused-ring (bicyclic) bond motifs is 1. The van der Waals surface area contributed by atoms with Crippen LogP contribution >= 0.6 is 35.7 Å². The van der Waals surface area contributed by atoms with Gasteiger partial charge in [0.25, 0.3) is 0 Å². The molecule has 136 valence electrons. The van der Waals surface area contributed by atoms with E-state index in [0.717, 1.165) is 35.7 Å². The summed E-state index contributed by atoms with van der Waals surface area (Å²) >= 11 is 1.61. The summed E-state index contributed by atoms with van der Waals surface area (Å²) in [6, 6.07) is 5.10. The van der Waals surface area contributed by atoms with E-state index in [0.29, 0.717) is 12.5 Å². The van der Waals surface area contributed by atoms with Gasteiger partial charge in [0.15, 0.2) is 5.96 Å². The average Bonchev–Trinajstić information content (AvgIpc) is 3.06. The minimum Gasteiger partial charge on any atom is -0.352 e. The van der Waals surface area contributed by atoms with Crippen LogP contribution in [0.2, 0.25) is 0 Å². The zero-order chi connectivity index (χ0) is 16.9. The quantitative estimate of drug-likeness (QED) is 0.307. The molecule has 2 N–H and O–H groups in total. The van der Waals surface area contributed by atoms with E-state index >= 15 is 0 Å². The molecule has 2 heterocycles. The van der Waals surface area contributed by atoms with Crippen molar-refractivity contribution in [2.45, 2.75) is 36.9 Å². The number of halogens is 2. The highest BCUT2D eigenvalue weighted by Gasteiger charge is 2.20. The second-order valence-corrected chi connectivity index (χ2v) is 6.47. The number of nitrogens with one attached hydrogen (secondary N) is 2. The fourth-order valence-electron chi connectivity index (χ4n) is 2.81. The second-order valence-electron chi connectivity index (χ2n) is 5.62. The van der Waals surface area contributed by atoms with Gasteiger partial charge in [-0.1, -0.05) is 0 Å². The molecule has 6 nitrogen and oxygen atoms in total. The van der Waals surface area contributed by atoms with E-state index < -0.39 is 0 Å². The predicted octanol–water partition coefficient (Wildman–Crippen LogP) is 2.44. The van der Waals surface area contributed by atoms with Gasteiger partial charge in [-0.25, -0.2) is 14.1 Å². The number of aryl methyl sites for hydroxylation is 1. The first-order valence-electron chi connectivity index (χ1n) is 7.86. The molecule has 0 radical (unpaired) electrons. The first-order valence-corrected chi connectivity index (χ1v) is 9.08. The van der Waals surface area contributed by atoms with Crippen LogP contribution in [0.15, 0.2) is 34.4 Å². The van der Waals surface area contributed by atoms with Gasteiger partial charge >= 0.3 is 0 Å². The molecule has 0 fully saturated rings. The van der Waals surface area contributed by atoms with Crippen LogP contribution in [0, 0.1) is 5.82 Å².